The smallest absolute Gasteiger partial charge is 0.00964 e. The number of nitrogens with zero attached hydrogens (tertiary/aromatic N) is 1. The molecule has 1 saturated carbocycles. The van der Waals surface area contributed by atoms with Gasteiger partial charge in [-0.2, -0.15) is 0 Å². The van der Waals surface area contributed by atoms with Crippen LogP contribution in [0.2, 0.25) is 0 Å². The Kier molecular flexibility index (Phi) is 4.66. The van der Waals surface area contributed by atoms with E-state index in [-0.39, 0.29) is 0 Å². The highest BCUT2D eigenvalue weighted by molar-refractivity contribution is 4.88. The zero-order valence-corrected chi connectivity index (χ0v) is 11.0. The van der Waals surface area contributed by atoms with Gasteiger partial charge in [0, 0.05) is 12.1 Å². The quantitative estimate of drug-likeness (QED) is 0.746. The summed E-state index contributed by atoms with van der Waals surface area (Å²) in [7, 11) is 0. The molecule has 0 unspecified atom stereocenters. The van der Waals surface area contributed by atoms with Gasteiger partial charge in [0.2, 0.25) is 0 Å². The predicted octanol–water partition coefficient (Wildman–Crippen LogP) is 2.64. The van der Waals surface area contributed by atoms with E-state index >= 15 is 0 Å². The Morgan fingerprint density at radius 1 is 1.06 bits per heavy atom. The van der Waals surface area contributed by atoms with Crippen molar-refractivity contribution >= 4 is 0 Å². The van der Waals surface area contributed by atoms with Gasteiger partial charge in [-0.25, -0.2) is 0 Å². The molecule has 1 aliphatic carbocycles. The van der Waals surface area contributed by atoms with Crippen molar-refractivity contribution in [1.82, 2.24) is 10.2 Å². The second-order valence-corrected chi connectivity index (χ2v) is 5.63. The van der Waals surface area contributed by atoms with E-state index in [0.717, 1.165) is 18.0 Å². The Balaban J connectivity index is 1.60. The number of nitrogens with one attached hydrogen (secondary N) is 1. The van der Waals surface area contributed by atoms with Crippen molar-refractivity contribution in [2.24, 2.45) is 5.92 Å². The van der Waals surface area contributed by atoms with E-state index in [2.05, 4.69) is 24.1 Å². The van der Waals surface area contributed by atoms with E-state index in [0.29, 0.717) is 0 Å². The molecule has 2 rings (SSSR count). The van der Waals surface area contributed by atoms with Gasteiger partial charge in [-0.3, -0.25) is 0 Å². The molecule has 1 aliphatic heterocycles. The van der Waals surface area contributed by atoms with E-state index in [9.17, 15) is 0 Å². The average Bonchev–Trinajstić information content (AvgIpc) is 3.15. The number of piperidine rings is 1. The number of likely N-dealkylation sites (tertiary alicyclic amines) is 1. The minimum Gasteiger partial charge on any atom is -0.314 e. The molecule has 0 aromatic rings. The lowest BCUT2D eigenvalue weighted by Crippen LogP contribution is -2.44. The Bertz CT molecular complexity index is 189. The summed E-state index contributed by atoms with van der Waals surface area (Å²) < 4.78 is 0. The van der Waals surface area contributed by atoms with Crippen LogP contribution in [-0.2, 0) is 0 Å². The third kappa shape index (κ3) is 3.46. The second-order valence-electron chi connectivity index (χ2n) is 5.63. The van der Waals surface area contributed by atoms with Crippen molar-refractivity contribution in [3.8, 4) is 0 Å². The maximum absolute atomic E-state index is 3.78. The number of rotatable bonds is 6. The van der Waals surface area contributed by atoms with Crippen LogP contribution < -0.4 is 5.32 Å². The van der Waals surface area contributed by atoms with Crippen LogP contribution in [0.25, 0.3) is 0 Å². The van der Waals surface area contributed by atoms with Crippen LogP contribution >= 0.6 is 0 Å². The van der Waals surface area contributed by atoms with Crippen molar-refractivity contribution in [3.63, 3.8) is 0 Å². The summed E-state index contributed by atoms with van der Waals surface area (Å²) in [5.74, 6) is 0.890. The topological polar surface area (TPSA) is 15.3 Å². The van der Waals surface area contributed by atoms with Crippen LogP contribution in [0.5, 0.6) is 0 Å². The summed E-state index contributed by atoms with van der Waals surface area (Å²) >= 11 is 0. The van der Waals surface area contributed by atoms with Gasteiger partial charge in [0.25, 0.3) is 0 Å². The van der Waals surface area contributed by atoms with Gasteiger partial charge in [-0.1, -0.05) is 26.7 Å². The third-order valence-corrected chi connectivity index (χ3v) is 4.44. The summed E-state index contributed by atoms with van der Waals surface area (Å²) in [5.41, 5.74) is 0. The first-order valence-corrected chi connectivity index (χ1v) is 7.30. The van der Waals surface area contributed by atoms with Gasteiger partial charge in [0.1, 0.15) is 0 Å². The maximum Gasteiger partial charge on any atom is 0.00964 e. The van der Waals surface area contributed by atoms with Gasteiger partial charge >= 0.3 is 0 Å². The molecule has 1 saturated heterocycles. The van der Waals surface area contributed by atoms with Gasteiger partial charge < -0.3 is 10.2 Å². The van der Waals surface area contributed by atoms with Gasteiger partial charge in [0.15, 0.2) is 0 Å². The largest absolute Gasteiger partial charge is 0.314 e. The van der Waals surface area contributed by atoms with Crippen molar-refractivity contribution < 1.29 is 0 Å². The van der Waals surface area contributed by atoms with Crippen LogP contribution in [0.3, 0.4) is 0 Å². The standard InChI is InChI=1S/C14H28N2/c1-3-12(4-2)11-15-13-7-9-16(10-8-13)14-5-6-14/h12-15H,3-11H2,1-2H3. The summed E-state index contributed by atoms with van der Waals surface area (Å²) in [4.78, 5) is 2.70. The lowest BCUT2D eigenvalue weighted by Gasteiger charge is -2.33. The molecule has 1 heterocycles. The normalized spacial score (nSPS) is 24.2. The molecule has 0 aromatic carbocycles. The Morgan fingerprint density at radius 3 is 2.19 bits per heavy atom. The van der Waals surface area contributed by atoms with Gasteiger partial charge in [0.05, 0.1) is 0 Å². The third-order valence-electron chi connectivity index (χ3n) is 4.44. The fourth-order valence-corrected chi connectivity index (χ4v) is 2.82. The molecular weight excluding hydrogens is 196 g/mol. The highest BCUT2D eigenvalue weighted by atomic mass is 15.2. The molecule has 2 fully saturated rings. The summed E-state index contributed by atoms with van der Waals surface area (Å²) in [6.45, 7) is 8.54. The lowest BCUT2D eigenvalue weighted by atomic mass is 10.0. The summed E-state index contributed by atoms with van der Waals surface area (Å²) in [6, 6.07) is 1.77. The molecule has 0 aromatic heterocycles. The molecule has 0 radical (unpaired) electrons. The first-order valence-electron chi connectivity index (χ1n) is 7.30. The van der Waals surface area contributed by atoms with Gasteiger partial charge in [-0.15, -0.1) is 0 Å². The van der Waals surface area contributed by atoms with Crippen LogP contribution in [0.4, 0.5) is 0 Å². The van der Waals surface area contributed by atoms with Crippen molar-refractivity contribution in [2.45, 2.75) is 64.5 Å². The zero-order chi connectivity index (χ0) is 11.4. The molecular formula is C14H28N2. The van der Waals surface area contributed by atoms with E-state index in [1.165, 1.54) is 58.2 Å². The average molecular weight is 224 g/mol. The monoisotopic (exact) mass is 224 g/mol. The zero-order valence-electron chi connectivity index (χ0n) is 11.0. The molecule has 0 amide bonds. The summed E-state index contributed by atoms with van der Waals surface area (Å²) in [5, 5.41) is 3.78. The molecule has 94 valence electrons. The maximum atomic E-state index is 3.78. The molecule has 0 atom stereocenters. The fraction of sp³-hybridized carbons (Fsp3) is 1.00. The first kappa shape index (κ1) is 12.4. The predicted molar refractivity (Wildman–Crippen MR) is 69.7 cm³/mol. The molecule has 2 nitrogen and oxygen atoms in total. The van der Waals surface area contributed by atoms with Crippen LogP contribution in [-0.4, -0.2) is 36.6 Å². The SMILES string of the molecule is CCC(CC)CNC1CCN(C2CC2)CC1. The summed E-state index contributed by atoms with van der Waals surface area (Å²) in [6.07, 6.45) is 8.32. The van der Waals surface area contributed by atoms with Crippen LogP contribution in [0.1, 0.15) is 52.4 Å². The Hall–Kier alpha value is -0.0800. The molecule has 2 heteroatoms. The minimum absolute atomic E-state index is 0.801. The molecule has 0 spiro atoms. The Morgan fingerprint density at radius 2 is 1.69 bits per heavy atom. The van der Waals surface area contributed by atoms with E-state index in [1.54, 1.807) is 0 Å². The molecule has 2 aliphatic rings. The minimum atomic E-state index is 0.801. The van der Waals surface area contributed by atoms with Crippen molar-refractivity contribution in [2.75, 3.05) is 19.6 Å². The van der Waals surface area contributed by atoms with E-state index in [4.69, 9.17) is 0 Å². The van der Waals surface area contributed by atoms with Crippen LogP contribution in [0, 0.1) is 5.92 Å². The highest BCUT2D eigenvalue weighted by Gasteiger charge is 2.31. The number of hydrogen-bond donors (Lipinski definition) is 1. The first-order chi connectivity index (χ1) is 7.83. The van der Waals surface area contributed by atoms with E-state index in [1.807, 2.05) is 0 Å². The molecule has 16 heavy (non-hydrogen) atoms. The Labute approximate surface area is 101 Å². The molecule has 1 N–H and O–H groups in total. The van der Waals surface area contributed by atoms with E-state index < -0.39 is 0 Å². The number of hydrogen-bond acceptors (Lipinski definition) is 2. The highest BCUT2D eigenvalue weighted by Crippen LogP contribution is 2.29. The second kappa shape index (κ2) is 6.02. The lowest BCUT2D eigenvalue weighted by molar-refractivity contribution is 0.186. The van der Waals surface area contributed by atoms with Gasteiger partial charge in [-0.05, 0) is 51.2 Å². The molecule has 0 bridgehead atoms. The van der Waals surface area contributed by atoms with Crippen LogP contribution in [0.15, 0.2) is 0 Å². The fourth-order valence-electron chi connectivity index (χ4n) is 2.82. The van der Waals surface area contributed by atoms with Crippen molar-refractivity contribution in [1.29, 1.82) is 0 Å². The van der Waals surface area contributed by atoms with Crippen molar-refractivity contribution in [3.05, 3.63) is 0 Å².